The average Bonchev–Trinajstić information content (AvgIpc) is 2.93. The number of alkyl halides is 3. The minimum atomic E-state index is -4.49. The maximum Gasteiger partial charge on any atom is 0.416 e. The van der Waals surface area contributed by atoms with Gasteiger partial charge in [-0.25, -0.2) is 4.79 Å². The Labute approximate surface area is 156 Å². The van der Waals surface area contributed by atoms with Gasteiger partial charge in [0.25, 0.3) is 0 Å². The number of rotatable bonds is 3. The standard InChI is InChI=1S/C17H11Cl2F3N2O2/c1-26-16(25)15-12-4-2-10(17(20,21)22)7-14(12)23-24(15)8-9-6-11(18)3-5-13(9)19/h2-7H,8H2,1H3/p+1. The molecule has 0 bridgehead atoms. The zero-order valence-corrected chi connectivity index (χ0v) is 14.8. The quantitative estimate of drug-likeness (QED) is 0.512. The number of fused-ring (bicyclic) bond motifs is 1. The minimum absolute atomic E-state index is 0.0901. The summed E-state index contributed by atoms with van der Waals surface area (Å²) in [6.45, 7) is 0.0971. The molecule has 0 aliphatic carbocycles. The van der Waals surface area contributed by atoms with Crippen LogP contribution < -0.4 is 4.68 Å². The Hall–Kier alpha value is -2.25. The Morgan fingerprint density at radius 3 is 2.58 bits per heavy atom. The molecule has 0 radical (unpaired) electrons. The molecular formula is C17H12Cl2F3N2O2+. The molecule has 0 aliphatic heterocycles. The first kappa shape index (κ1) is 18.5. The molecule has 1 aromatic heterocycles. The summed E-state index contributed by atoms with van der Waals surface area (Å²) < 4.78 is 45.0. The molecular weight excluding hydrogens is 392 g/mol. The van der Waals surface area contributed by atoms with E-state index < -0.39 is 17.7 Å². The first-order valence-corrected chi connectivity index (χ1v) is 8.11. The molecule has 26 heavy (non-hydrogen) atoms. The highest BCUT2D eigenvalue weighted by atomic mass is 35.5. The molecule has 3 aromatic rings. The Morgan fingerprint density at radius 1 is 1.19 bits per heavy atom. The van der Waals surface area contributed by atoms with Crippen molar-refractivity contribution in [3.8, 4) is 0 Å². The zero-order valence-electron chi connectivity index (χ0n) is 13.3. The van der Waals surface area contributed by atoms with E-state index in [0.29, 0.717) is 21.0 Å². The molecule has 1 heterocycles. The summed E-state index contributed by atoms with van der Waals surface area (Å²) in [5.74, 6) is -0.686. The van der Waals surface area contributed by atoms with Crippen LogP contribution >= 0.6 is 23.2 Å². The van der Waals surface area contributed by atoms with Crippen molar-refractivity contribution in [3.05, 3.63) is 63.3 Å². The van der Waals surface area contributed by atoms with Gasteiger partial charge in [-0.15, -0.1) is 0 Å². The van der Waals surface area contributed by atoms with Gasteiger partial charge in [0, 0.05) is 10.6 Å². The maximum atomic E-state index is 12.9. The van der Waals surface area contributed by atoms with E-state index in [9.17, 15) is 18.0 Å². The number of nitrogens with one attached hydrogen (secondary N) is 1. The van der Waals surface area contributed by atoms with Gasteiger partial charge in [0.2, 0.25) is 0 Å². The van der Waals surface area contributed by atoms with Crippen molar-refractivity contribution in [2.75, 3.05) is 7.11 Å². The lowest BCUT2D eigenvalue weighted by molar-refractivity contribution is -0.742. The SMILES string of the molecule is COC(=O)c1c2ccc(C(F)(F)F)cc2[nH][n+]1Cc1cc(Cl)ccc1Cl. The van der Waals surface area contributed by atoms with Crippen LogP contribution in [0.1, 0.15) is 21.6 Å². The highest BCUT2D eigenvalue weighted by Gasteiger charge is 2.34. The summed E-state index contributed by atoms with van der Waals surface area (Å²) in [5, 5.41) is 3.96. The second-order valence-electron chi connectivity index (χ2n) is 5.53. The number of aromatic nitrogens is 2. The number of hydrogen-bond donors (Lipinski definition) is 1. The van der Waals surface area contributed by atoms with E-state index in [-0.39, 0.29) is 17.8 Å². The van der Waals surface area contributed by atoms with E-state index >= 15 is 0 Å². The summed E-state index contributed by atoms with van der Waals surface area (Å²) in [4.78, 5) is 12.2. The van der Waals surface area contributed by atoms with Crippen molar-refractivity contribution < 1.29 is 27.4 Å². The number of benzene rings is 2. The normalized spacial score (nSPS) is 11.8. The molecule has 0 spiro atoms. The van der Waals surface area contributed by atoms with Gasteiger partial charge >= 0.3 is 17.8 Å². The number of H-pyrrole nitrogens is 1. The second-order valence-corrected chi connectivity index (χ2v) is 6.38. The van der Waals surface area contributed by atoms with Crippen LogP contribution in [0.15, 0.2) is 36.4 Å². The first-order valence-electron chi connectivity index (χ1n) is 7.35. The fraction of sp³-hybridized carbons (Fsp3) is 0.176. The molecule has 4 nitrogen and oxygen atoms in total. The van der Waals surface area contributed by atoms with Crippen molar-refractivity contribution >= 4 is 40.1 Å². The van der Waals surface area contributed by atoms with Gasteiger partial charge in [0.15, 0.2) is 6.54 Å². The van der Waals surface area contributed by atoms with E-state index in [1.54, 1.807) is 18.2 Å². The molecule has 9 heteroatoms. The number of ether oxygens (including phenoxy) is 1. The second kappa shape index (κ2) is 6.81. The monoisotopic (exact) mass is 403 g/mol. The average molecular weight is 404 g/mol. The molecule has 0 saturated carbocycles. The molecule has 0 amide bonds. The van der Waals surface area contributed by atoms with E-state index in [1.165, 1.54) is 17.9 Å². The van der Waals surface area contributed by atoms with Crippen molar-refractivity contribution in [2.24, 2.45) is 0 Å². The first-order chi connectivity index (χ1) is 12.2. The van der Waals surface area contributed by atoms with E-state index in [2.05, 4.69) is 5.10 Å². The Kier molecular flexibility index (Phi) is 4.86. The summed E-state index contributed by atoms with van der Waals surface area (Å²) in [6.07, 6.45) is -4.49. The van der Waals surface area contributed by atoms with Gasteiger partial charge in [0.05, 0.1) is 23.1 Å². The van der Waals surface area contributed by atoms with Crippen LogP contribution in [0, 0.1) is 0 Å². The lowest BCUT2D eigenvalue weighted by atomic mass is 10.1. The molecule has 0 unspecified atom stereocenters. The Bertz CT molecular complexity index is 1000. The van der Waals surface area contributed by atoms with Crippen molar-refractivity contribution in [1.29, 1.82) is 0 Å². The third-order valence-corrected chi connectivity index (χ3v) is 4.45. The van der Waals surface area contributed by atoms with Gasteiger partial charge in [-0.05, 0) is 36.4 Å². The minimum Gasteiger partial charge on any atom is -0.461 e. The topological polar surface area (TPSA) is 46.0 Å². The number of hydrogen-bond acceptors (Lipinski definition) is 2. The van der Waals surface area contributed by atoms with Crippen LogP contribution in [0.25, 0.3) is 10.9 Å². The molecule has 0 fully saturated rings. The van der Waals surface area contributed by atoms with Crippen molar-refractivity contribution in [3.63, 3.8) is 0 Å². The molecule has 0 atom stereocenters. The highest BCUT2D eigenvalue weighted by Crippen LogP contribution is 2.31. The number of halogens is 5. The van der Waals surface area contributed by atoms with Crippen LogP contribution in [0.2, 0.25) is 10.0 Å². The van der Waals surface area contributed by atoms with Gasteiger partial charge in [0.1, 0.15) is 5.52 Å². The molecule has 3 rings (SSSR count). The van der Waals surface area contributed by atoms with Gasteiger partial charge in [-0.1, -0.05) is 27.9 Å². The smallest absolute Gasteiger partial charge is 0.416 e. The summed E-state index contributed by atoms with van der Waals surface area (Å²) in [7, 11) is 1.20. The lowest BCUT2D eigenvalue weighted by Crippen LogP contribution is -2.42. The molecule has 0 aliphatic rings. The van der Waals surface area contributed by atoms with E-state index in [0.717, 1.165) is 12.1 Å². The lowest BCUT2D eigenvalue weighted by Gasteiger charge is -2.04. The van der Waals surface area contributed by atoms with Gasteiger partial charge < -0.3 is 4.74 Å². The number of methoxy groups -OCH3 is 1. The van der Waals surface area contributed by atoms with Gasteiger partial charge in [-0.3, -0.25) is 0 Å². The van der Waals surface area contributed by atoms with E-state index in [1.807, 2.05) is 0 Å². The third-order valence-electron chi connectivity index (χ3n) is 3.84. The van der Waals surface area contributed by atoms with Crippen LogP contribution in [0.5, 0.6) is 0 Å². The Morgan fingerprint density at radius 2 is 1.92 bits per heavy atom. The predicted molar refractivity (Wildman–Crippen MR) is 90.4 cm³/mol. The molecule has 0 saturated heterocycles. The predicted octanol–water partition coefficient (Wildman–Crippen LogP) is 4.62. The fourth-order valence-corrected chi connectivity index (χ4v) is 3.01. The molecule has 136 valence electrons. The molecule has 2 aromatic carbocycles. The molecule has 1 N–H and O–H groups in total. The number of esters is 1. The largest absolute Gasteiger partial charge is 0.461 e. The number of aromatic amines is 1. The van der Waals surface area contributed by atoms with Crippen LogP contribution in [0.4, 0.5) is 13.2 Å². The van der Waals surface area contributed by atoms with Crippen molar-refractivity contribution in [1.82, 2.24) is 5.10 Å². The number of carbonyl (C=O) groups excluding carboxylic acids is 1. The third kappa shape index (κ3) is 3.50. The highest BCUT2D eigenvalue weighted by molar-refractivity contribution is 6.33. The zero-order chi connectivity index (χ0) is 19.1. The van der Waals surface area contributed by atoms with Crippen LogP contribution in [0.3, 0.4) is 0 Å². The summed E-state index contributed by atoms with van der Waals surface area (Å²) in [6, 6.07) is 7.92. The number of nitrogens with zero attached hydrogens (tertiary/aromatic N) is 1. The summed E-state index contributed by atoms with van der Waals surface area (Å²) in [5.41, 5.74) is 0.0122. The fourth-order valence-electron chi connectivity index (χ4n) is 2.64. The van der Waals surface area contributed by atoms with Crippen molar-refractivity contribution in [2.45, 2.75) is 12.7 Å². The maximum absolute atomic E-state index is 12.9. The summed E-state index contributed by atoms with van der Waals surface area (Å²) >= 11 is 12.1. The van der Waals surface area contributed by atoms with Gasteiger partial charge in [-0.2, -0.15) is 18.3 Å². The number of carbonyl (C=O) groups is 1. The van der Waals surface area contributed by atoms with Crippen LogP contribution in [-0.2, 0) is 17.5 Å². The van der Waals surface area contributed by atoms with E-state index in [4.69, 9.17) is 27.9 Å². The Balaban J connectivity index is 2.16. The van der Waals surface area contributed by atoms with Crippen LogP contribution in [-0.4, -0.2) is 18.2 Å².